The summed E-state index contributed by atoms with van der Waals surface area (Å²) in [7, 11) is 0. The van der Waals surface area contributed by atoms with Gasteiger partial charge in [0.15, 0.2) is 0 Å². The van der Waals surface area contributed by atoms with Crippen LogP contribution in [-0.2, 0) is 10.2 Å². The summed E-state index contributed by atoms with van der Waals surface area (Å²) < 4.78 is 13.9. The summed E-state index contributed by atoms with van der Waals surface area (Å²) in [6, 6.07) is 5.99. The lowest BCUT2D eigenvalue weighted by atomic mass is 9.66. The molecule has 6 atom stereocenters. The standard InChI is InChI=1S/C22H27FN2O/c1-13(26)24-19-10-21(17-5-3-15(23)8-16(17)19)6-7-25(12-21)20-11-22-9-14(22)2-4-18(20)22/h3,5,8,14,18-20H,2,4,6-7,9-12H2,1H3,(H,24,26)/t14?,18?,19-,20+,21?,22?/m0/s1. The zero-order valence-electron chi connectivity index (χ0n) is 15.4. The van der Waals surface area contributed by atoms with Gasteiger partial charge in [-0.15, -0.1) is 0 Å². The van der Waals surface area contributed by atoms with Crippen LogP contribution in [0.15, 0.2) is 18.2 Å². The number of likely N-dealkylation sites (tertiary alicyclic amines) is 1. The van der Waals surface area contributed by atoms with Crippen LogP contribution in [0.25, 0.3) is 0 Å². The average molecular weight is 354 g/mol. The fourth-order valence-corrected chi connectivity index (χ4v) is 7.51. The van der Waals surface area contributed by atoms with Crippen molar-refractivity contribution in [2.24, 2.45) is 17.3 Å². The molecule has 4 fully saturated rings. The molecular formula is C22H27FN2O. The smallest absolute Gasteiger partial charge is 0.217 e. The van der Waals surface area contributed by atoms with E-state index in [0.717, 1.165) is 54.8 Å². The van der Waals surface area contributed by atoms with Crippen molar-refractivity contribution in [3.63, 3.8) is 0 Å². The highest BCUT2D eigenvalue weighted by Crippen LogP contribution is 2.77. The summed E-state index contributed by atoms with van der Waals surface area (Å²) in [5.41, 5.74) is 3.15. The van der Waals surface area contributed by atoms with Gasteiger partial charge in [-0.3, -0.25) is 9.69 Å². The zero-order valence-corrected chi connectivity index (χ0v) is 15.4. The first-order valence-electron chi connectivity index (χ1n) is 10.3. The van der Waals surface area contributed by atoms with E-state index >= 15 is 0 Å². The maximum atomic E-state index is 13.9. The van der Waals surface area contributed by atoms with Crippen LogP contribution in [0.5, 0.6) is 0 Å². The van der Waals surface area contributed by atoms with Crippen molar-refractivity contribution in [2.45, 2.75) is 62.9 Å². The van der Waals surface area contributed by atoms with Gasteiger partial charge in [-0.1, -0.05) is 6.07 Å². The summed E-state index contributed by atoms with van der Waals surface area (Å²) in [6.45, 7) is 3.81. The number of nitrogens with zero attached hydrogens (tertiary/aromatic N) is 1. The van der Waals surface area contributed by atoms with Crippen molar-refractivity contribution in [2.75, 3.05) is 13.1 Å². The molecule has 1 saturated heterocycles. The van der Waals surface area contributed by atoms with E-state index in [1.54, 1.807) is 19.1 Å². The van der Waals surface area contributed by atoms with Gasteiger partial charge in [0.25, 0.3) is 0 Å². The minimum atomic E-state index is -0.197. The van der Waals surface area contributed by atoms with Gasteiger partial charge in [0, 0.05) is 24.9 Å². The molecule has 1 aliphatic heterocycles. The van der Waals surface area contributed by atoms with Gasteiger partial charge in [0.2, 0.25) is 5.91 Å². The molecule has 138 valence electrons. The predicted molar refractivity (Wildman–Crippen MR) is 97.1 cm³/mol. The van der Waals surface area contributed by atoms with Crippen molar-refractivity contribution < 1.29 is 9.18 Å². The van der Waals surface area contributed by atoms with Gasteiger partial charge < -0.3 is 5.32 Å². The lowest BCUT2D eigenvalue weighted by Gasteiger charge is -2.49. The van der Waals surface area contributed by atoms with Crippen molar-refractivity contribution >= 4 is 5.91 Å². The number of carbonyl (C=O) groups is 1. The molecule has 6 rings (SSSR count). The second-order valence-corrected chi connectivity index (χ2v) is 9.78. The SMILES string of the molecule is CC(=O)N[C@H]1CC2(CCN([C@@H]3CC45CC4CCC35)C2)c2ccc(F)cc21. The Hall–Kier alpha value is -1.42. The van der Waals surface area contributed by atoms with E-state index in [1.807, 2.05) is 6.07 Å². The molecule has 4 aliphatic carbocycles. The van der Waals surface area contributed by atoms with E-state index in [-0.39, 0.29) is 23.2 Å². The van der Waals surface area contributed by atoms with Crippen LogP contribution in [-0.4, -0.2) is 29.9 Å². The number of fused-ring (bicyclic) bond motifs is 2. The molecular weight excluding hydrogens is 327 g/mol. The van der Waals surface area contributed by atoms with E-state index < -0.39 is 0 Å². The number of hydrogen-bond acceptors (Lipinski definition) is 2. The van der Waals surface area contributed by atoms with Crippen LogP contribution in [0, 0.1) is 23.1 Å². The van der Waals surface area contributed by atoms with Crippen LogP contribution >= 0.6 is 0 Å². The summed E-state index contributed by atoms with van der Waals surface area (Å²) in [6.07, 6.45) is 7.89. The molecule has 26 heavy (non-hydrogen) atoms. The molecule has 1 N–H and O–H groups in total. The molecule has 2 spiro atoms. The number of carbonyl (C=O) groups excluding carboxylic acids is 1. The van der Waals surface area contributed by atoms with Crippen LogP contribution in [0.2, 0.25) is 0 Å². The molecule has 1 aromatic rings. The first kappa shape index (κ1) is 15.6. The van der Waals surface area contributed by atoms with Gasteiger partial charge in [-0.25, -0.2) is 4.39 Å². The van der Waals surface area contributed by atoms with E-state index in [2.05, 4.69) is 10.2 Å². The van der Waals surface area contributed by atoms with Crippen LogP contribution in [0.1, 0.15) is 62.6 Å². The van der Waals surface area contributed by atoms with Gasteiger partial charge >= 0.3 is 0 Å². The fourth-order valence-electron chi connectivity index (χ4n) is 7.51. The van der Waals surface area contributed by atoms with Crippen molar-refractivity contribution in [1.82, 2.24) is 10.2 Å². The highest BCUT2D eigenvalue weighted by atomic mass is 19.1. The third-order valence-corrected chi connectivity index (χ3v) is 8.68. The average Bonchev–Trinajstić information content (AvgIpc) is 2.92. The topological polar surface area (TPSA) is 32.3 Å². The summed E-state index contributed by atoms with van der Waals surface area (Å²) in [4.78, 5) is 14.4. The molecule has 0 bridgehead atoms. The molecule has 1 aromatic carbocycles. The van der Waals surface area contributed by atoms with Crippen LogP contribution < -0.4 is 5.32 Å². The maximum Gasteiger partial charge on any atom is 0.217 e. The van der Waals surface area contributed by atoms with Gasteiger partial charge in [0.1, 0.15) is 5.82 Å². The molecule has 0 radical (unpaired) electrons. The van der Waals surface area contributed by atoms with E-state index in [4.69, 9.17) is 0 Å². The Morgan fingerprint density at radius 2 is 2.15 bits per heavy atom. The lowest BCUT2D eigenvalue weighted by Crippen LogP contribution is -2.52. The van der Waals surface area contributed by atoms with Gasteiger partial charge in [0.05, 0.1) is 6.04 Å². The fraction of sp³-hybridized carbons (Fsp3) is 0.682. The third kappa shape index (κ3) is 1.89. The largest absolute Gasteiger partial charge is 0.349 e. The molecule has 1 heterocycles. The quantitative estimate of drug-likeness (QED) is 0.881. The minimum Gasteiger partial charge on any atom is -0.349 e. The molecule has 3 saturated carbocycles. The summed E-state index contributed by atoms with van der Waals surface area (Å²) in [5, 5.41) is 3.07. The second-order valence-electron chi connectivity index (χ2n) is 9.78. The second kappa shape index (κ2) is 4.89. The van der Waals surface area contributed by atoms with Crippen molar-refractivity contribution in [1.29, 1.82) is 0 Å². The summed E-state index contributed by atoms with van der Waals surface area (Å²) in [5.74, 6) is 1.78. The van der Waals surface area contributed by atoms with Crippen molar-refractivity contribution in [3.05, 3.63) is 35.1 Å². The number of benzene rings is 1. The predicted octanol–water partition coefficient (Wildman–Crippen LogP) is 3.54. The highest BCUT2D eigenvalue weighted by Gasteiger charge is 2.72. The molecule has 3 nitrogen and oxygen atoms in total. The molecule has 5 aliphatic rings. The Bertz CT molecular complexity index is 807. The number of rotatable bonds is 2. The van der Waals surface area contributed by atoms with Crippen LogP contribution in [0.4, 0.5) is 4.39 Å². The number of amides is 1. The molecule has 4 heteroatoms. The highest BCUT2D eigenvalue weighted by molar-refractivity contribution is 5.74. The first-order chi connectivity index (χ1) is 12.5. The normalized spacial score (nSPS) is 45.2. The Morgan fingerprint density at radius 3 is 2.92 bits per heavy atom. The Labute approximate surface area is 154 Å². The van der Waals surface area contributed by atoms with Gasteiger partial charge in [-0.05, 0) is 85.6 Å². The molecule has 4 unspecified atom stereocenters. The van der Waals surface area contributed by atoms with Crippen molar-refractivity contribution in [3.8, 4) is 0 Å². The monoisotopic (exact) mass is 354 g/mol. The Morgan fingerprint density at radius 1 is 1.27 bits per heavy atom. The minimum absolute atomic E-state index is 0.0243. The Kier molecular flexibility index (Phi) is 2.94. The summed E-state index contributed by atoms with van der Waals surface area (Å²) >= 11 is 0. The van der Waals surface area contributed by atoms with Gasteiger partial charge in [-0.2, -0.15) is 0 Å². The zero-order chi connectivity index (χ0) is 17.7. The third-order valence-electron chi connectivity index (χ3n) is 8.68. The van der Waals surface area contributed by atoms with E-state index in [0.29, 0.717) is 0 Å². The van der Waals surface area contributed by atoms with E-state index in [9.17, 15) is 9.18 Å². The first-order valence-corrected chi connectivity index (χ1v) is 10.3. The van der Waals surface area contributed by atoms with E-state index in [1.165, 1.54) is 31.2 Å². The molecule has 1 amide bonds. The lowest BCUT2D eigenvalue weighted by molar-refractivity contribution is -0.119. The maximum absolute atomic E-state index is 13.9. The Balaban J connectivity index is 1.28. The number of hydrogen-bond donors (Lipinski definition) is 1. The number of halogens is 1. The van der Waals surface area contributed by atoms with Crippen LogP contribution in [0.3, 0.4) is 0 Å². The molecule has 0 aromatic heterocycles. The number of nitrogens with one attached hydrogen (secondary N) is 1.